The number of carbonyl (C=O) groups excluding carboxylic acids is 2. The predicted octanol–water partition coefficient (Wildman–Crippen LogP) is 1.44. The second-order valence-corrected chi connectivity index (χ2v) is 6.28. The Kier molecular flexibility index (Phi) is 4.70. The third kappa shape index (κ3) is 4.03. The van der Waals surface area contributed by atoms with E-state index in [1.165, 1.54) is 4.90 Å². The molecular formula is C14H23N3O2. The van der Waals surface area contributed by atoms with Crippen molar-refractivity contribution in [2.24, 2.45) is 5.41 Å². The largest absolute Gasteiger partial charge is 0.295 e. The lowest BCUT2D eigenvalue weighted by Crippen LogP contribution is -2.63. The zero-order valence-corrected chi connectivity index (χ0v) is 12.2. The Morgan fingerprint density at radius 2 is 2.00 bits per heavy atom. The molecule has 0 aromatic carbocycles. The van der Waals surface area contributed by atoms with Crippen LogP contribution in [-0.4, -0.2) is 35.3 Å². The van der Waals surface area contributed by atoms with Gasteiger partial charge in [-0.3, -0.25) is 19.8 Å². The molecule has 0 saturated carbocycles. The molecule has 1 N–H and O–H groups in total. The van der Waals surface area contributed by atoms with Crippen LogP contribution in [0.1, 0.15) is 47.0 Å². The molecule has 0 aromatic heterocycles. The lowest BCUT2D eigenvalue weighted by atomic mass is 9.89. The Labute approximate surface area is 115 Å². The fourth-order valence-corrected chi connectivity index (χ4v) is 2.04. The first-order chi connectivity index (χ1) is 8.69. The number of nitrogens with zero attached hydrogens (tertiary/aromatic N) is 2. The normalized spacial score (nSPS) is 19.4. The minimum absolute atomic E-state index is 0.163. The molecule has 106 valence electrons. The number of carbonyl (C=O) groups is 2. The average Bonchev–Trinajstić information content (AvgIpc) is 2.34. The second-order valence-electron chi connectivity index (χ2n) is 6.28. The molecule has 0 unspecified atom stereocenters. The van der Waals surface area contributed by atoms with E-state index in [4.69, 9.17) is 5.26 Å². The maximum absolute atomic E-state index is 12.1. The van der Waals surface area contributed by atoms with E-state index in [9.17, 15) is 9.59 Å². The summed E-state index contributed by atoms with van der Waals surface area (Å²) in [6, 6.07) is 2.25. The lowest BCUT2D eigenvalue weighted by molar-refractivity contribution is -0.152. The molecule has 0 aromatic rings. The van der Waals surface area contributed by atoms with Crippen molar-refractivity contribution in [3.8, 4) is 6.07 Å². The van der Waals surface area contributed by atoms with Crippen molar-refractivity contribution in [2.75, 3.05) is 13.1 Å². The number of nitrogens with one attached hydrogen (secondary N) is 1. The van der Waals surface area contributed by atoms with Gasteiger partial charge < -0.3 is 0 Å². The SMILES string of the molecule is CC(C)(C#N)CCCCN1C(=O)CNC(C)(C)C1=O. The summed E-state index contributed by atoms with van der Waals surface area (Å²) in [6.45, 7) is 8.03. The summed E-state index contributed by atoms with van der Waals surface area (Å²) in [5, 5.41) is 11.8. The highest BCUT2D eigenvalue weighted by atomic mass is 16.2. The molecule has 1 heterocycles. The fraction of sp³-hybridized carbons (Fsp3) is 0.786. The average molecular weight is 265 g/mol. The number of rotatable bonds is 5. The molecule has 1 rings (SSSR count). The highest BCUT2D eigenvalue weighted by Gasteiger charge is 2.39. The number of nitriles is 1. The molecule has 0 bridgehead atoms. The van der Waals surface area contributed by atoms with Crippen molar-refractivity contribution >= 4 is 11.8 Å². The van der Waals surface area contributed by atoms with Crippen LogP contribution in [0.25, 0.3) is 0 Å². The van der Waals surface area contributed by atoms with Crippen LogP contribution in [0.3, 0.4) is 0 Å². The number of imide groups is 1. The first kappa shape index (κ1) is 15.6. The van der Waals surface area contributed by atoms with Crippen LogP contribution < -0.4 is 5.32 Å². The molecule has 0 radical (unpaired) electrons. The lowest BCUT2D eigenvalue weighted by Gasteiger charge is -2.36. The highest BCUT2D eigenvalue weighted by molar-refractivity contribution is 6.02. The van der Waals surface area contributed by atoms with Crippen LogP contribution in [0, 0.1) is 16.7 Å². The molecule has 1 fully saturated rings. The topological polar surface area (TPSA) is 73.2 Å². The minimum atomic E-state index is -0.667. The number of hydrogen-bond donors (Lipinski definition) is 1. The smallest absolute Gasteiger partial charge is 0.248 e. The molecule has 0 atom stereocenters. The van der Waals surface area contributed by atoms with E-state index in [1.54, 1.807) is 13.8 Å². The van der Waals surface area contributed by atoms with Crippen LogP contribution in [0.5, 0.6) is 0 Å². The molecule has 2 amide bonds. The van der Waals surface area contributed by atoms with Crippen molar-refractivity contribution in [1.82, 2.24) is 10.2 Å². The van der Waals surface area contributed by atoms with Crippen molar-refractivity contribution in [3.63, 3.8) is 0 Å². The van der Waals surface area contributed by atoms with Crippen LogP contribution >= 0.6 is 0 Å². The van der Waals surface area contributed by atoms with E-state index >= 15 is 0 Å². The van der Waals surface area contributed by atoms with Gasteiger partial charge in [0.2, 0.25) is 11.8 Å². The molecule has 0 aliphatic carbocycles. The molecule has 1 saturated heterocycles. The molecule has 1 aliphatic heterocycles. The maximum Gasteiger partial charge on any atom is 0.248 e. The van der Waals surface area contributed by atoms with E-state index in [0.29, 0.717) is 6.54 Å². The Balaban J connectivity index is 2.46. The van der Waals surface area contributed by atoms with Gasteiger partial charge >= 0.3 is 0 Å². The summed E-state index contributed by atoms with van der Waals surface area (Å²) < 4.78 is 0. The third-order valence-electron chi connectivity index (χ3n) is 3.50. The Morgan fingerprint density at radius 3 is 2.58 bits per heavy atom. The predicted molar refractivity (Wildman–Crippen MR) is 72.0 cm³/mol. The molecule has 19 heavy (non-hydrogen) atoms. The number of hydrogen-bond acceptors (Lipinski definition) is 4. The van der Waals surface area contributed by atoms with Crippen LogP contribution in [0.4, 0.5) is 0 Å². The monoisotopic (exact) mass is 265 g/mol. The molecule has 5 heteroatoms. The number of unbranched alkanes of at least 4 members (excludes halogenated alkanes) is 1. The van der Waals surface area contributed by atoms with Gasteiger partial charge in [-0.05, 0) is 40.5 Å². The zero-order chi connectivity index (χ0) is 14.7. The summed E-state index contributed by atoms with van der Waals surface area (Å²) in [7, 11) is 0. The van der Waals surface area contributed by atoms with E-state index in [2.05, 4.69) is 11.4 Å². The van der Waals surface area contributed by atoms with Crippen LogP contribution in [-0.2, 0) is 9.59 Å². The quantitative estimate of drug-likeness (QED) is 0.603. The summed E-state index contributed by atoms with van der Waals surface area (Å²) in [4.78, 5) is 25.2. The van der Waals surface area contributed by atoms with Gasteiger partial charge in [0.05, 0.1) is 23.6 Å². The molecule has 0 spiro atoms. The van der Waals surface area contributed by atoms with Gasteiger partial charge in [0.1, 0.15) is 0 Å². The van der Waals surface area contributed by atoms with Crippen molar-refractivity contribution in [3.05, 3.63) is 0 Å². The third-order valence-corrected chi connectivity index (χ3v) is 3.50. The van der Waals surface area contributed by atoms with Gasteiger partial charge in [-0.2, -0.15) is 5.26 Å². The van der Waals surface area contributed by atoms with Crippen molar-refractivity contribution in [1.29, 1.82) is 5.26 Å². The second kappa shape index (κ2) is 5.70. The highest BCUT2D eigenvalue weighted by Crippen LogP contribution is 2.22. The fourth-order valence-electron chi connectivity index (χ4n) is 2.04. The number of piperazine rings is 1. The molecule has 1 aliphatic rings. The summed E-state index contributed by atoms with van der Waals surface area (Å²) in [5.41, 5.74) is -1.00. The van der Waals surface area contributed by atoms with Gasteiger partial charge in [-0.15, -0.1) is 0 Å². The van der Waals surface area contributed by atoms with E-state index < -0.39 is 5.54 Å². The zero-order valence-electron chi connectivity index (χ0n) is 12.2. The number of amides is 2. The van der Waals surface area contributed by atoms with Crippen LogP contribution in [0.2, 0.25) is 0 Å². The van der Waals surface area contributed by atoms with Gasteiger partial charge in [0, 0.05) is 6.54 Å². The van der Waals surface area contributed by atoms with E-state index in [1.807, 2.05) is 13.8 Å². The van der Waals surface area contributed by atoms with Crippen LogP contribution in [0.15, 0.2) is 0 Å². The Morgan fingerprint density at radius 1 is 1.37 bits per heavy atom. The van der Waals surface area contributed by atoms with Gasteiger partial charge in [0.25, 0.3) is 0 Å². The summed E-state index contributed by atoms with van der Waals surface area (Å²) in [6.07, 6.45) is 2.37. The maximum atomic E-state index is 12.1. The standard InChI is InChI=1S/C14H23N3O2/c1-13(2,10-15)7-5-6-8-17-11(18)9-16-14(3,4)12(17)19/h16H,5-9H2,1-4H3. The van der Waals surface area contributed by atoms with Crippen molar-refractivity contribution < 1.29 is 9.59 Å². The Bertz CT molecular complexity index is 407. The molecule has 5 nitrogen and oxygen atoms in total. The van der Waals surface area contributed by atoms with Gasteiger partial charge in [-0.1, -0.05) is 6.42 Å². The first-order valence-corrected chi connectivity index (χ1v) is 6.71. The molecular weight excluding hydrogens is 242 g/mol. The summed E-state index contributed by atoms with van der Waals surface area (Å²) >= 11 is 0. The Hall–Kier alpha value is -1.41. The first-order valence-electron chi connectivity index (χ1n) is 6.71. The summed E-state index contributed by atoms with van der Waals surface area (Å²) in [5.74, 6) is -0.327. The van der Waals surface area contributed by atoms with Gasteiger partial charge in [-0.25, -0.2) is 0 Å². The van der Waals surface area contributed by atoms with Crippen molar-refractivity contribution in [2.45, 2.75) is 52.5 Å². The minimum Gasteiger partial charge on any atom is -0.295 e. The van der Waals surface area contributed by atoms with E-state index in [-0.39, 0.29) is 23.8 Å². The van der Waals surface area contributed by atoms with Gasteiger partial charge in [0.15, 0.2) is 0 Å². The van der Waals surface area contributed by atoms with E-state index in [0.717, 1.165) is 19.3 Å².